The first kappa shape index (κ1) is 20.7. The quantitative estimate of drug-likeness (QED) is 0.502. The van der Waals surface area contributed by atoms with E-state index in [0.717, 1.165) is 6.42 Å². The maximum atomic E-state index is 6.86. The second-order valence-corrected chi connectivity index (χ2v) is 19.1. The van der Waals surface area contributed by atoms with E-state index in [0.29, 0.717) is 0 Å². The second kappa shape index (κ2) is 7.93. The standard InChI is InChI=1S/C20H42O2Si2/c1-23(2,3)21-19-16-14-12-10-8-7-9-11-13-15-17-20(19,18-19)22-24(4,5)6/h7-18H2,1-6H3. The predicted molar refractivity (Wildman–Crippen MR) is 110 cm³/mol. The summed E-state index contributed by atoms with van der Waals surface area (Å²) in [6.07, 6.45) is 16.1. The van der Waals surface area contributed by atoms with Crippen molar-refractivity contribution < 1.29 is 8.85 Å². The number of fused-ring (bicyclic) bond motifs is 1. The van der Waals surface area contributed by atoms with Gasteiger partial charge in [0.15, 0.2) is 16.6 Å². The Labute approximate surface area is 153 Å². The van der Waals surface area contributed by atoms with Crippen LogP contribution in [-0.2, 0) is 8.85 Å². The molecular weight excluding hydrogens is 328 g/mol. The Morgan fingerprint density at radius 1 is 0.500 bits per heavy atom. The Bertz CT molecular complexity index is 363. The lowest BCUT2D eigenvalue weighted by Crippen LogP contribution is -2.44. The smallest absolute Gasteiger partial charge is 0.184 e. The first-order valence-corrected chi connectivity index (χ1v) is 17.3. The Hall–Kier alpha value is 0.354. The van der Waals surface area contributed by atoms with E-state index in [2.05, 4.69) is 39.3 Å². The fourth-order valence-electron chi connectivity index (χ4n) is 4.64. The Morgan fingerprint density at radius 3 is 1.08 bits per heavy atom. The molecule has 2 aliphatic carbocycles. The van der Waals surface area contributed by atoms with Gasteiger partial charge in [-0.3, -0.25) is 0 Å². The van der Waals surface area contributed by atoms with Crippen LogP contribution in [0.4, 0.5) is 0 Å². The summed E-state index contributed by atoms with van der Waals surface area (Å²) >= 11 is 0. The minimum Gasteiger partial charge on any atom is -0.409 e. The van der Waals surface area contributed by atoms with Gasteiger partial charge in [0.1, 0.15) is 0 Å². The van der Waals surface area contributed by atoms with E-state index < -0.39 is 16.6 Å². The molecule has 2 unspecified atom stereocenters. The van der Waals surface area contributed by atoms with Crippen LogP contribution < -0.4 is 0 Å². The Balaban J connectivity index is 2.15. The van der Waals surface area contributed by atoms with Crippen LogP contribution in [0.1, 0.15) is 77.0 Å². The molecule has 4 heteroatoms. The van der Waals surface area contributed by atoms with E-state index in [4.69, 9.17) is 8.85 Å². The second-order valence-electron chi connectivity index (χ2n) is 10.3. The van der Waals surface area contributed by atoms with Gasteiger partial charge in [-0.25, -0.2) is 0 Å². The minimum absolute atomic E-state index is 0.0474. The van der Waals surface area contributed by atoms with Gasteiger partial charge in [0, 0.05) is 6.42 Å². The zero-order valence-corrected chi connectivity index (χ0v) is 19.3. The average molecular weight is 371 g/mol. The normalized spacial score (nSPS) is 33.8. The van der Waals surface area contributed by atoms with E-state index in [1.807, 2.05) is 0 Å². The molecule has 2 atom stereocenters. The zero-order chi connectivity index (χ0) is 17.9. The van der Waals surface area contributed by atoms with Crippen LogP contribution in [0.15, 0.2) is 0 Å². The summed E-state index contributed by atoms with van der Waals surface area (Å²) < 4.78 is 13.7. The number of hydrogen-bond acceptors (Lipinski definition) is 2. The minimum atomic E-state index is -1.56. The molecule has 0 bridgehead atoms. The summed E-state index contributed by atoms with van der Waals surface area (Å²) in [4.78, 5) is 0. The summed E-state index contributed by atoms with van der Waals surface area (Å²) in [6, 6.07) is 0. The van der Waals surface area contributed by atoms with Crippen LogP contribution in [0.5, 0.6) is 0 Å². The molecule has 142 valence electrons. The van der Waals surface area contributed by atoms with Crippen molar-refractivity contribution in [2.24, 2.45) is 0 Å². The predicted octanol–water partition coefficient (Wildman–Crippen LogP) is 6.88. The maximum Gasteiger partial charge on any atom is 0.184 e. The van der Waals surface area contributed by atoms with Crippen molar-refractivity contribution in [3.8, 4) is 0 Å². The third-order valence-electron chi connectivity index (χ3n) is 5.44. The first-order valence-electron chi connectivity index (χ1n) is 10.5. The highest BCUT2D eigenvalue weighted by atomic mass is 28.4. The summed E-state index contributed by atoms with van der Waals surface area (Å²) in [5.74, 6) is 0. The molecule has 0 aromatic heterocycles. The lowest BCUT2D eigenvalue weighted by atomic mass is 10.0. The van der Waals surface area contributed by atoms with Crippen molar-refractivity contribution in [2.45, 2.75) is 128 Å². The van der Waals surface area contributed by atoms with Crippen LogP contribution in [0, 0.1) is 0 Å². The van der Waals surface area contributed by atoms with E-state index in [1.54, 1.807) is 0 Å². The van der Waals surface area contributed by atoms with Gasteiger partial charge in [0.05, 0.1) is 11.2 Å². The fourth-order valence-corrected chi connectivity index (χ4v) is 7.71. The van der Waals surface area contributed by atoms with Gasteiger partial charge >= 0.3 is 0 Å². The Morgan fingerprint density at radius 2 is 0.792 bits per heavy atom. The van der Waals surface area contributed by atoms with Crippen LogP contribution in [-0.4, -0.2) is 27.8 Å². The van der Waals surface area contributed by atoms with Gasteiger partial charge < -0.3 is 8.85 Å². The average Bonchev–Trinajstić information content (AvgIpc) is 2.96. The van der Waals surface area contributed by atoms with Gasteiger partial charge in [-0.15, -0.1) is 0 Å². The monoisotopic (exact) mass is 370 g/mol. The maximum absolute atomic E-state index is 6.86. The lowest BCUT2D eigenvalue weighted by molar-refractivity contribution is 0.0303. The van der Waals surface area contributed by atoms with E-state index in [1.165, 1.54) is 70.6 Å². The SMILES string of the molecule is C[Si](C)(C)OC12CCCCCCCCCCCC1(O[Si](C)(C)C)C2. The summed E-state index contributed by atoms with van der Waals surface area (Å²) in [5.41, 5.74) is 0.0949. The van der Waals surface area contributed by atoms with Crippen LogP contribution in [0.25, 0.3) is 0 Å². The van der Waals surface area contributed by atoms with Crippen molar-refractivity contribution in [3.05, 3.63) is 0 Å². The molecule has 0 aromatic rings. The van der Waals surface area contributed by atoms with Crippen molar-refractivity contribution in [1.29, 1.82) is 0 Å². The van der Waals surface area contributed by atoms with Crippen molar-refractivity contribution >= 4 is 16.6 Å². The van der Waals surface area contributed by atoms with E-state index in [9.17, 15) is 0 Å². The van der Waals surface area contributed by atoms with Gasteiger partial charge in [-0.1, -0.05) is 57.8 Å². The summed E-state index contributed by atoms with van der Waals surface area (Å²) in [7, 11) is -3.13. The van der Waals surface area contributed by atoms with Gasteiger partial charge in [-0.05, 0) is 52.1 Å². The molecule has 2 nitrogen and oxygen atoms in total. The van der Waals surface area contributed by atoms with E-state index in [-0.39, 0.29) is 11.2 Å². The molecule has 0 aliphatic heterocycles. The molecule has 2 aliphatic rings. The third-order valence-corrected chi connectivity index (χ3v) is 7.45. The topological polar surface area (TPSA) is 18.5 Å². The van der Waals surface area contributed by atoms with Gasteiger partial charge in [0.25, 0.3) is 0 Å². The van der Waals surface area contributed by atoms with Crippen molar-refractivity contribution in [1.82, 2.24) is 0 Å². The zero-order valence-electron chi connectivity index (χ0n) is 17.3. The third kappa shape index (κ3) is 5.96. The highest BCUT2D eigenvalue weighted by molar-refractivity contribution is 6.70. The van der Waals surface area contributed by atoms with Gasteiger partial charge in [-0.2, -0.15) is 0 Å². The summed E-state index contributed by atoms with van der Waals surface area (Å²) in [5, 5.41) is 0. The molecule has 2 fully saturated rings. The largest absolute Gasteiger partial charge is 0.409 e. The van der Waals surface area contributed by atoms with Crippen LogP contribution in [0.2, 0.25) is 39.3 Å². The summed E-state index contributed by atoms with van der Waals surface area (Å²) in [6.45, 7) is 14.1. The van der Waals surface area contributed by atoms with Crippen LogP contribution >= 0.6 is 0 Å². The number of rotatable bonds is 4. The molecule has 2 rings (SSSR count). The highest BCUT2D eigenvalue weighted by Crippen LogP contribution is 2.61. The van der Waals surface area contributed by atoms with Crippen molar-refractivity contribution in [2.75, 3.05) is 0 Å². The van der Waals surface area contributed by atoms with Gasteiger partial charge in [0.2, 0.25) is 0 Å². The van der Waals surface area contributed by atoms with E-state index >= 15 is 0 Å². The first-order chi connectivity index (χ1) is 11.1. The van der Waals surface area contributed by atoms with Crippen LogP contribution in [0.3, 0.4) is 0 Å². The molecule has 2 saturated carbocycles. The molecule has 0 heterocycles. The molecule has 0 spiro atoms. The lowest BCUT2D eigenvalue weighted by Gasteiger charge is -2.36. The molecule has 0 aromatic carbocycles. The molecule has 0 radical (unpaired) electrons. The molecular formula is C20H42O2Si2. The molecule has 24 heavy (non-hydrogen) atoms. The number of hydrogen-bond donors (Lipinski definition) is 0. The van der Waals surface area contributed by atoms with Crippen molar-refractivity contribution in [3.63, 3.8) is 0 Å². The fraction of sp³-hybridized carbons (Fsp3) is 1.00. The highest BCUT2D eigenvalue weighted by Gasteiger charge is 2.70. The molecule has 0 N–H and O–H groups in total. The molecule has 0 amide bonds. The Kier molecular flexibility index (Phi) is 6.83. The molecule has 0 saturated heterocycles.